The lowest BCUT2D eigenvalue weighted by molar-refractivity contribution is 0.0260. The van der Waals surface area contributed by atoms with E-state index in [9.17, 15) is 8.42 Å². The number of anilines is 1. The fourth-order valence-electron chi connectivity index (χ4n) is 5.65. The number of fused-ring (bicyclic) bond motifs is 1. The van der Waals surface area contributed by atoms with Crippen LogP contribution in [0.2, 0.25) is 0 Å². The van der Waals surface area contributed by atoms with Crippen LogP contribution in [0.5, 0.6) is 5.75 Å². The molecular formula is C22H30N4O3S2. The zero-order chi connectivity index (χ0) is 21.3. The number of sulfonamides is 1. The molecule has 1 N–H and O–H groups in total. The predicted octanol–water partition coefficient (Wildman–Crippen LogP) is 4.60. The van der Waals surface area contributed by atoms with Crippen molar-refractivity contribution in [3.8, 4) is 5.75 Å². The molecule has 1 saturated heterocycles. The van der Waals surface area contributed by atoms with Crippen molar-refractivity contribution in [1.82, 2.24) is 14.3 Å². The van der Waals surface area contributed by atoms with E-state index in [4.69, 9.17) is 4.74 Å². The first-order chi connectivity index (χ1) is 15.1. The van der Waals surface area contributed by atoms with Crippen molar-refractivity contribution in [2.75, 3.05) is 17.9 Å². The molecular weight excluding hydrogens is 432 g/mol. The van der Waals surface area contributed by atoms with Crippen LogP contribution < -0.4 is 9.46 Å². The number of hydrogen-bond donors (Lipinski definition) is 1. The van der Waals surface area contributed by atoms with E-state index in [2.05, 4.69) is 19.0 Å². The minimum Gasteiger partial charge on any atom is -0.493 e. The Morgan fingerprint density at radius 3 is 2.71 bits per heavy atom. The molecule has 2 aliphatic heterocycles. The highest BCUT2D eigenvalue weighted by molar-refractivity contribution is 7.93. The number of piperidine rings is 1. The third-order valence-corrected chi connectivity index (χ3v) is 9.12. The van der Waals surface area contributed by atoms with Gasteiger partial charge >= 0.3 is 0 Å². The summed E-state index contributed by atoms with van der Waals surface area (Å²) < 4.78 is 37.9. The van der Waals surface area contributed by atoms with Crippen molar-refractivity contribution in [1.29, 1.82) is 0 Å². The van der Waals surface area contributed by atoms with Gasteiger partial charge in [0.05, 0.1) is 11.5 Å². The zero-order valence-electron chi connectivity index (χ0n) is 17.7. The quantitative estimate of drug-likeness (QED) is 0.699. The standard InChI is InChI=1S/C22H30N4O3S2/c27-31(28,25-22-23-15-24-30-22)17-9-10-18-20(11-13-29-21(18)14-17)26-12-5-4-8-19(26)16-6-2-1-3-7-16/h9-10,14-16,19-20H,1-8,11-13H2,(H,23,24,25)/t19-,20?/m0/s1. The average Bonchev–Trinajstić information content (AvgIpc) is 3.31. The summed E-state index contributed by atoms with van der Waals surface area (Å²) in [7, 11) is -3.72. The summed E-state index contributed by atoms with van der Waals surface area (Å²) in [5.74, 6) is 1.50. The first kappa shape index (κ1) is 21.2. The van der Waals surface area contributed by atoms with E-state index < -0.39 is 10.0 Å². The summed E-state index contributed by atoms with van der Waals surface area (Å²) in [6.45, 7) is 1.75. The fraction of sp³-hybridized carbons (Fsp3) is 0.636. The highest BCUT2D eigenvalue weighted by Gasteiger charge is 2.37. The fourth-order valence-corrected chi connectivity index (χ4v) is 7.32. The normalized spacial score (nSPS) is 25.5. The van der Waals surface area contributed by atoms with Crippen molar-refractivity contribution in [3.63, 3.8) is 0 Å². The van der Waals surface area contributed by atoms with E-state index in [1.807, 2.05) is 6.07 Å². The summed E-state index contributed by atoms with van der Waals surface area (Å²) in [6, 6.07) is 6.28. The maximum Gasteiger partial charge on any atom is 0.263 e. The Morgan fingerprint density at radius 1 is 1.06 bits per heavy atom. The van der Waals surface area contributed by atoms with Crippen LogP contribution in [0.3, 0.4) is 0 Å². The SMILES string of the molecule is O=S(=O)(Nc1ncns1)c1ccc2c(c1)OCCC2N1CCCC[C@H]1C1CCCCC1. The molecule has 5 rings (SSSR count). The van der Waals surface area contributed by atoms with Gasteiger partial charge < -0.3 is 4.74 Å². The molecule has 7 nitrogen and oxygen atoms in total. The van der Waals surface area contributed by atoms with E-state index >= 15 is 0 Å². The third-order valence-electron chi connectivity index (χ3n) is 7.07. The molecule has 2 atom stereocenters. The van der Waals surface area contributed by atoms with Crippen molar-refractivity contribution in [2.45, 2.75) is 74.8 Å². The van der Waals surface area contributed by atoms with Gasteiger partial charge in [0.15, 0.2) is 0 Å². The smallest absolute Gasteiger partial charge is 0.263 e. The molecule has 0 radical (unpaired) electrons. The number of nitrogens with one attached hydrogen (secondary N) is 1. The van der Waals surface area contributed by atoms with Crippen LogP contribution in [0.25, 0.3) is 0 Å². The second-order valence-electron chi connectivity index (χ2n) is 8.90. The molecule has 1 aliphatic carbocycles. The maximum absolute atomic E-state index is 12.8. The monoisotopic (exact) mass is 462 g/mol. The molecule has 3 heterocycles. The molecule has 0 bridgehead atoms. The summed E-state index contributed by atoms with van der Waals surface area (Å²) in [4.78, 5) is 6.85. The Kier molecular flexibility index (Phi) is 6.16. The summed E-state index contributed by atoms with van der Waals surface area (Å²) in [5, 5.41) is 0.264. The lowest BCUT2D eigenvalue weighted by Crippen LogP contribution is -2.47. The van der Waals surface area contributed by atoms with Gasteiger partial charge in [0.1, 0.15) is 12.1 Å². The Labute approximate surface area is 188 Å². The van der Waals surface area contributed by atoms with Crippen LogP contribution in [-0.4, -0.2) is 41.9 Å². The van der Waals surface area contributed by atoms with Crippen LogP contribution in [0, 0.1) is 5.92 Å². The summed E-state index contributed by atoms with van der Waals surface area (Å²) >= 11 is 1.02. The number of nitrogens with zero attached hydrogens (tertiary/aromatic N) is 3. The molecule has 0 amide bonds. The van der Waals surface area contributed by atoms with E-state index in [-0.39, 0.29) is 10.0 Å². The van der Waals surface area contributed by atoms with Gasteiger partial charge in [-0.25, -0.2) is 13.4 Å². The lowest BCUT2D eigenvalue weighted by Gasteiger charge is -2.47. The van der Waals surface area contributed by atoms with E-state index in [1.54, 1.807) is 12.1 Å². The molecule has 1 aromatic carbocycles. The second-order valence-corrected chi connectivity index (χ2v) is 11.4. The number of likely N-dealkylation sites (tertiary alicyclic amines) is 1. The van der Waals surface area contributed by atoms with Gasteiger partial charge in [0, 0.05) is 41.7 Å². The van der Waals surface area contributed by atoms with Crippen molar-refractivity contribution >= 4 is 26.7 Å². The molecule has 1 unspecified atom stereocenters. The molecule has 9 heteroatoms. The summed E-state index contributed by atoms with van der Waals surface area (Å²) in [6.07, 6.45) is 13.0. The van der Waals surface area contributed by atoms with E-state index in [0.717, 1.165) is 36.0 Å². The topological polar surface area (TPSA) is 84.4 Å². The Balaban J connectivity index is 1.40. The van der Waals surface area contributed by atoms with Crippen molar-refractivity contribution < 1.29 is 13.2 Å². The van der Waals surface area contributed by atoms with Gasteiger partial charge in [-0.1, -0.05) is 31.7 Å². The van der Waals surface area contributed by atoms with Crippen LogP contribution in [-0.2, 0) is 10.0 Å². The van der Waals surface area contributed by atoms with Crippen molar-refractivity contribution in [2.24, 2.45) is 5.92 Å². The Morgan fingerprint density at radius 2 is 1.90 bits per heavy atom. The van der Waals surface area contributed by atoms with Gasteiger partial charge in [-0.3, -0.25) is 9.62 Å². The maximum atomic E-state index is 12.8. The van der Waals surface area contributed by atoms with Crippen LogP contribution in [0.4, 0.5) is 5.13 Å². The molecule has 0 spiro atoms. The third kappa shape index (κ3) is 4.45. The Hall–Kier alpha value is -1.71. The van der Waals surface area contributed by atoms with E-state index in [1.165, 1.54) is 57.7 Å². The number of rotatable bonds is 5. The average molecular weight is 463 g/mol. The second kappa shape index (κ2) is 9.03. The number of hydrogen-bond acceptors (Lipinski definition) is 7. The minimum atomic E-state index is -3.72. The van der Waals surface area contributed by atoms with Gasteiger partial charge in [-0.05, 0) is 44.2 Å². The highest BCUT2D eigenvalue weighted by Crippen LogP contribution is 2.43. The molecule has 31 heavy (non-hydrogen) atoms. The van der Waals surface area contributed by atoms with Crippen LogP contribution in [0.1, 0.15) is 69.4 Å². The molecule has 1 aromatic heterocycles. The molecule has 1 saturated carbocycles. The van der Waals surface area contributed by atoms with Gasteiger partial charge in [-0.15, -0.1) is 0 Å². The largest absolute Gasteiger partial charge is 0.493 e. The molecule has 2 aromatic rings. The highest BCUT2D eigenvalue weighted by atomic mass is 32.2. The van der Waals surface area contributed by atoms with Gasteiger partial charge in [0.25, 0.3) is 10.0 Å². The number of benzene rings is 1. The lowest BCUT2D eigenvalue weighted by atomic mass is 9.78. The molecule has 2 fully saturated rings. The predicted molar refractivity (Wildman–Crippen MR) is 121 cm³/mol. The molecule has 168 valence electrons. The van der Waals surface area contributed by atoms with Crippen LogP contribution >= 0.6 is 11.5 Å². The summed E-state index contributed by atoms with van der Waals surface area (Å²) in [5.41, 5.74) is 1.13. The zero-order valence-corrected chi connectivity index (χ0v) is 19.3. The first-order valence-corrected chi connectivity index (χ1v) is 13.7. The van der Waals surface area contributed by atoms with Crippen LogP contribution in [0.15, 0.2) is 29.4 Å². The van der Waals surface area contributed by atoms with Gasteiger partial charge in [0.2, 0.25) is 5.13 Å². The number of ether oxygens (including phenoxy) is 1. The van der Waals surface area contributed by atoms with Gasteiger partial charge in [-0.2, -0.15) is 4.37 Å². The number of aromatic nitrogens is 2. The van der Waals surface area contributed by atoms with E-state index in [0.29, 0.717) is 24.4 Å². The minimum absolute atomic E-state index is 0.199. The molecule has 3 aliphatic rings. The first-order valence-electron chi connectivity index (χ1n) is 11.4. The van der Waals surface area contributed by atoms with Crippen molar-refractivity contribution in [3.05, 3.63) is 30.1 Å². The Bertz CT molecular complexity index is 990.